The minimum absolute atomic E-state index is 0. The lowest BCUT2D eigenvalue weighted by molar-refractivity contribution is -0.119. The Morgan fingerprint density at radius 1 is 1.38 bits per heavy atom. The molecule has 1 aliphatic rings. The number of aliphatic imine (C=N–C) groups is 1. The summed E-state index contributed by atoms with van der Waals surface area (Å²) in [5, 5.41) is 3.39. The number of likely N-dealkylation sites (tertiary alicyclic amines) is 1. The molecule has 1 amide bonds. The van der Waals surface area contributed by atoms with Gasteiger partial charge in [-0.2, -0.15) is 0 Å². The van der Waals surface area contributed by atoms with Gasteiger partial charge in [-0.3, -0.25) is 9.79 Å². The Kier molecular flexibility index (Phi) is 10.4. The molecule has 1 fully saturated rings. The average Bonchev–Trinajstić information content (AvgIpc) is 2.59. The maximum absolute atomic E-state index is 11.1. The first-order valence-corrected chi connectivity index (χ1v) is 9.02. The van der Waals surface area contributed by atoms with E-state index in [1.54, 1.807) is 7.05 Å². The Morgan fingerprint density at radius 2 is 2.12 bits per heavy atom. The largest absolute Gasteiger partial charge is 0.494 e. The van der Waals surface area contributed by atoms with Crippen LogP contribution < -0.4 is 15.8 Å². The molecule has 0 bridgehead atoms. The molecule has 0 saturated carbocycles. The van der Waals surface area contributed by atoms with Crippen LogP contribution in [0.2, 0.25) is 0 Å². The normalized spacial score (nSPS) is 17.4. The molecule has 26 heavy (non-hydrogen) atoms. The number of carbonyl (C=O) groups excluding carboxylic acids is 1. The first-order valence-electron chi connectivity index (χ1n) is 9.02. The molecule has 6 nitrogen and oxygen atoms in total. The number of nitrogens with zero attached hydrogens (tertiary/aromatic N) is 2. The minimum Gasteiger partial charge on any atom is -0.494 e. The summed E-state index contributed by atoms with van der Waals surface area (Å²) in [6.45, 7) is 5.33. The van der Waals surface area contributed by atoms with Gasteiger partial charge in [0.25, 0.3) is 0 Å². The zero-order valence-corrected chi connectivity index (χ0v) is 18.1. The predicted molar refractivity (Wildman–Crippen MR) is 116 cm³/mol. The van der Waals surface area contributed by atoms with Crippen LogP contribution in [-0.2, 0) is 4.79 Å². The number of hydrogen-bond acceptors (Lipinski definition) is 3. The number of guanidine groups is 1. The Bertz CT molecular complexity index is 577. The lowest BCUT2D eigenvalue weighted by Gasteiger charge is -2.34. The first-order chi connectivity index (χ1) is 12.1. The molecule has 1 saturated heterocycles. The van der Waals surface area contributed by atoms with Crippen molar-refractivity contribution >= 4 is 35.8 Å². The molecule has 146 valence electrons. The Hall–Kier alpha value is -1.51. The number of hydrogen-bond donors (Lipinski definition) is 2. The second kappa shape index (κ2) is 12.0. The van der Waals surface area contributed by atoms with E-state index in [0.717, 1.165) is 50.6 Å². The number of aryl methyl sites for hydroxylation is 1. The lowest BCUT2D eigenvalue weighted by atomic mass is 9.95. The summed E-state index contributed by atoms with van der Waals surface area (Å²) in [4.78, 5) is 17.7. The Morgan fingerprint density at radius 3 is 2.77 bits per heavy atom. The van der Waals surface area contributed by atoms with Crippen molar-refractivity contribution in [3.63, 3.8) is 0 Å². The van der Waals surface area contributed by atoms with Gasteiger partial charge in [-0.1, -0.05) is 17.7 Å². The summed E-state index contributed by atoms with van der Waals surface area (Å²) < 4.78 is 5.74. The summed E-state index contributed by atoms with van der Waals surface area (Å²) in [6.07, 6.45) is 3.47. The molecule has 2 rings (SSSR count). The summed E-state index contributed by atoms with van der Waals surface area (Å²) in [5.41, 5.74) is 6.56. The molecule has 0 aliphatic carbocycles. The van der Waals surface area contributed by atoms with Gasteiger partial charge in [0.2, 0.25) is 5.91 Å². The summed E-state index contributed by atoms with van der Waals surface area (Å²) in [7, 11) is 1.79. The molecule has 0 aromatic heterocycles. The molecular weight excluding hydrogens is 443 g/mol. The van der Waals surface area contributed by atoms with E-state index in [4.69, 9.17) is 10.5 Å². The topological polar surface area (TPSA) is 80.0 Å². The molecular formula is C19H31IN4O2. The smallest absolute Gasteiger partial charge is 0.217 e. The van der Waals surface area contributed by atoms with Gasteiger partial charge in [0.15, 0.2) is 5.96 Å². The Labute approximate surface area is 173 Å². The lowest BCUT2D eigenvalue weighted by Crippen LogP contribution is -2.47. The highest BCUT2D eigenvalue weighted by molar-refractivity contribution is 14.0. The number of ether oxygens (including phenoxy) is 1. The number of nitrogens with one attached hydrogen (secondary N) is 1. The van der Waals surface area contributed by atoms with Crippen LogP contribution >= 0.6 is 24.0 Å². The number of benzene rings is 1. The van der Waals surface area contributed by atoms with Crippen LogP contribution in [0.5, 0.6) is 5.75 Å². The van der Waals surface area contributed by atoms with E-state index in [-0.39, 0.29) is 29.9 Å². The van der Waals surface area contributed by atoms with E-state index in [9.17, 15) is 4.79 Å². The van der Waals surface area contributed by atoms with Crippen LogP contribution in [0.1, 0.15) is 31.2 Å². The molecule has 0 radical (unpaired) electrons. The summed E-state index contributed by atoms with van der Waals surface area (Å²) in [5.74, 6) is 1.91. The zero-order chi connectivity index (χ0) is 18.1. The fraction of sp³-hybridized carbons (Fsp3) is 0.579. The number of amides is 1. The second-order valence-corrected chi connectivity index (χ2v) is 6.61. The third-order valence-corrected chi connectivity index (χ3v) is 4.41. The van der Waals surface area contributed by atoms with Crippen LogP contribution in [0, 0.1) is 12.8 Å². The van der Waals surface area contributed by atoms with Gasteiger partial charge >= 0.3 is 0 Å². The van der Waals surface area contributed by atoms with Crippen LogP contribution in [-0.4, -0.2) is 50.1 Å². The standard InChI is InChI=1S/C19H30N4O2.HI/c1-15-6-8-17(9-7-15)25-12-4-10-22-19(21-2)23-11-3-5-16(14-23)13-18(20)24;/h6-9,16H,3-5,10-14H2,1-2H3,(H2,20,24)(H,21,22);1H. The van der Waals surface area contributed by atoms with Gasteiger partial charge in [0, 0.05) is 33.1 Å². The van der Waals surface area contributed by atoms with Gasteiger partial charge in [0.05, 0.1) is 6.61 Å². The van der Waals surface area contributed by atoms with E-state index in [2.05, 4.69) is 22.1 Å². The van der Waals surface area contributed by atoms with Crippen LogP contribution in [0.4, 0.5) is 0 Å². The Balaban J connectivity index is 0.00000338. The van der Waals surface area contributed by atoms with E-state index in [0.29, 0.717) is 18.9 Å². The SMILES string of the molecule is CN=C(NCCCOc1ccc(C)cc1)N1CCCC(CC(N)=O)C1.I. The molecule has 1 atom stereocenters. The van der Waals surface area contributed by atoms with Crippen molar-refractivity contribution in [2.75, 3.05) is 33.3 Å². The van der Waals surface area contributed by atoms with Crippen molar-refractivity contribution < 1.29 is 9.53 Å². The van der Waals surface area contributed by atoms with Crippen LogP contribution in [0.3, 0.4) is 0 Å². The molecule has 3 N–H and O–H groups in total. The molecule has 0 spiro atoms. The van der Waals surface area contributed by atoms with Crippen molar-refractivity contribution in [1.82, 2.24) is 10.2 Å². The fourth-order valence-corrected chi connectivity index (χ4v) is 3.14. The number of rotatable bonds is 7. The first kappa shape index (κ1) is 22.5. The van der Waals surface area contributed by atoms with Gasteiger partial charge in [-0.15, -0.1) is 24.0 Å². The third kappa shape index (κ3) is 7.80. The molecule has 1 heterocycles. The number of primary amides is 1. The van der Waals surface area contributed by atoms with E-state index in [1.807, 2.05) is 24.3 Å². The number of nitrogens with two attached hydrogens (primary N) is 1. The molecule has 7 heteroatoms. The van der Waals surface area contributed by atoms with Crippen LogP contribution in [0.25, 0.3) is 0 Å². The van der Waals surface area contributed by atoms with Gasteiger partial charge in [0.1, 0.15) is 5.75 Å². The van der Waals surface area contributed by atoms with Crippen LogP contribution in [0.15, 0.2) is 29.3 Å². The van der Waals surface area contributed by atoms with Crippen molar-refractivity contribution in [2.24, 2.45) is 16.6 Å². The maximum atomic E-state index is 11.1. The van der Waals surface area contributed by atoms with Gasteiger partial charge < -0.3 is 20.7 Å². The van der Waals surface area contributed by atoms with Crippen molar-refractivity contribution in [1.29, 1.82) is 0 Å². The summed E-state index contributed by atoms with van der Waals surface area (Å²) in [6, 6.07) is 8.09. The monoisotopic (exact) mass is 474 g/mol. The van der Waals surface area contributed by atoms with E-state index in [1.165, 1.54) is 5.56 Å². The number of carbonyl (C=O) groups is 1. The quantitative estimate of drug-likeness (QED) is 0.276. The predicted octanol–water partition coefficient (Wildman–Crippen LogP) is 2.54. The fourth-order valence-electron chi connectivity index (χ4n) is 3.14. The maximum Gasteiger partial charge on any atom is 0.217 e. The van der Waals surface area contributed by atoms with Crippen molar-refractivity contribution in [2.45, 2.75) is 32.6 Å². The minimum atomic E-state index is -0.219. The number of halogens is 1. The van der Waals surface area contributed by atoms with Crippen molar-refractivity contribution in [3.8, 4) is 5.75 Å². The second-order valence-electron chi connectivity index (χ2n) is 6.61. The van der Waals surface area contributed by atoms with E-state index < -0.39 is 0 Å². The average molecular weight is 474 g/mol. The van der Waals surface area contributed by atoms with Crippen molar-refractivity contribution in [3.05, 3.63) is 29.8 Å². The zero-order valence-electron chi connectivity index (χ0n) is 15.7. The highest BCUT2D eigenvalue weighted by Gasteiger charge is 2.23. The summed E-state index contributed by atoms with van der Waals surface area (Å²) >= 11 is 0. The highest BCUT2D eigenvalue weighted by atomic mass is 127. The van der Waals surface area contributed by atoms with Gasteiger partial charge in [-0.05, 0) is 44.2 Å². The molecule has 1 aliphatic heterocycles. The van der Waals surface area contributed by atoms with Gasteiger partial charge in [-0.25, -0.2) is 0 Å². The number of piperidine rings is 1. The van der Waals surface area contributed by atoms with E-state index >= 15 is 0 Å². The highest BCUT2D eigenvalue weighted by Crippen LogP contribution is 2.19. The third-order valence-electron chi connectivity index (χ3n) is 4.41. The molecule has 1 aromatic rings. The molecule has 1 aromatic carbocycles. The molecule has 1 unspecified atom stereocenters.